The van der Waals surface area contributed by atoms with Crippen molar-refractivity contribution in [3.05, 3.63) is 22.9 Å². The summed E-state index contributed by atoms with van der Waals surface area (Å²) in [5.41, 5.74) is 5.45. The van der Waals surface area contributed by atoms with Crippen LogP contribution in [-0.4, -0.2) is 30.7 Å². The van der Waals surface area contributed by atoms with Crippen LogP contribution >= 0.6 is 0 Å². The van der Waals surface area contributed by atoms with Gasteiger partial charge in [-0.05, 0) is 18.9 Å². The van der Waals surface area contributed by atoms with E-state index in [0.717, 1.165) is 5.57 Å². The highest BCUT2D eigenvalue weighted by Crippen LogP contribution is 2.50. The topological polar surface area (TPSA) is 127 Å². The van der Waals surface area contributed by atoms with Crippen LogP contribution in [-0.2, 0) is 4.74 Å². The van der Waals surface area contributed by atoms with Gasteiger partial charge in [-0.15, -0.1) is 0 Å². The zero-order valence-electron chi connectivity index (χ0n) is 13.7. The summed E-state index contributed by atoms with van der Waals surface area (Å²) < 4.78 is 5.03. The van der Waals surface area contributed by atoms with E-state index >= 15 is 0 Å². The third kappa shape index (κ3) is 2.37. The van der Waals surface area contributed by atoms with Gasteiger partial charge < -0.3 is 15.4 Å². The lowest BCUT2D eigenvalue weighted by atomic mass is 9.59. The Hall–Kier alpha value is -2.98. The average Bonchev–Trinajstić information content (AvgIpc) is 2.60. The zero-order chi connectivity index (χ0) is 17.9. The lowest BCUT2D eigenvalue weighted by Gasteiger charge is -2.44. The lowest BCUT2D eigenvalue weighted by molar-refractivity contribution is 0.0934. The van der Waals surface area contributed by atoms with E-state index in [1.165, 1.54) is 4.90 Å². The van der Waals surface area contributed by atoms with Crippen molar-refractivity contribution in [2.75, 3.05) is 19.7 Å². The molecule has 0 bridgehead atoms. The van der Waals surface area contributed by atoms with Crippen LogP contribution in [0.4, 0.5) is 4.79 Å². The van der Waals surface area contributed by atoms with Crippen molar-refractivity contribution in [2.45, 2.75) is 20.3 Å². The van der Waals surface area contributed by atoms with Crippen LogP contribution in [0, 0.1) is 51.2 Å². The quantitative estimate of drug-likeness (QED) is 0.824. The van der Waals surface area contributed by atoms with E-state index in [1.54, 1.807) is 13.0 Å². The molecule has 0 unspecified atom stereocenters. The summed E-state index contributed by atoms with van der Waals surface area (Å²) in [4.78, 5) is 13.6. The van der Waals surface area contributed by atoms with Gasteiger partial charge in [0.2, 0.25) is 0 Å². The first kappa shape index (κ1) is 17.4. The fourth-order valence-electron chi connectivity index (χ4n) is 3.65. The molecule has 2 rings (SSSR count). The molecular weight excluding hydrogens is 306 g/mol. The molecule has 0 saturated heterocycles. The molecule has 1 aliphatic heterocycles. The minimum Gasteiger partial charge on any atom is -0.450 e. The second kappa shape index (κ2) is 6.64. The number of nitrogens with zero attached hydrogens (tertiary/aromatic N) is 4. The third-order valence-corrected chi connectivity index (χ3v) is 4.80. The van der Waals surface area contributed by atoms with Crippen LogP contribution < -0.4 is 5.73 Å². The molecule has 1 amide bonds. The van der Waals surface area contributed by atoms with Crippen LogP contribution in [0.3, 0.4) is 0 Å². The minimum atomic E-state index is -1.56. The summed E-state index contributed by atoms with van der Waals surface area (Å²) in [6.07, 6.45) is 1.86. The van der Waals surface area contributed by atoms with Crippen molar-refractivity contribution in [1.29, 1.82) is 15.8 Å². The molecule has 7 heteroatoms. The molecule has 0 aromatic carbocycles. The second-order valence-corrected chi connectivity index (χ2v) is 5.82. The molecule has 0 spiro atoms. The molecule has 0 aromatic rings. The van der Waals surface area contributed by atoms with Crippen LogP contribution in [0.15, 0.2) is 22.9 Å². The van der Waals surface area contributed by atoms with E-state index in [2.05, 4.69) is 0 Å². The Balaban J connectivity index is 2.57. The highest BCUT2D eigenvalue weighted by Gasteiger charge is 2.53. The van der Waals surface area contributed by atoms with Crippen molar-refractivity contribution < 1.29 is 9.53 Å². The number of carbonyl (C=O) groups excluding carboxylic acids is 1. The molecular formula is C17H19N5O2. The molecule has 7 nitrogen and oxygen atoms in total. The summed E-state index contributed by atoms with van der Waals surface area (Å²) in [5, 5.41) is 28.8. The molecule has 0 radical (unpaired) electrons. The number of amides is 1. The molecule has 2 aliphatic rings. The van der Waals surface area contributed by atoms with Crippen molar-refractivity contribution in [3.8, 4) is 18.2 Å². The molecule has 2 N–H and O–H groups in total. The Bertz CT molecular complexity index is 718. The third-order valence-electron chi connectivity index (χ3n) is 4.80. The molecule has 0 fully saturated rings. The van der Waals surface area contributed by atoms with Crippen LogP contribution in [0.5, 0.6) is 0 Å². The van der Waals surface area contributed by atoms with Gasteiger partial charge in [0.1, 0.15) is 6.07 Å². The van der Waals surface area contributed by atoms with Crippen molar-refractivity contribution in [2.24, 2.45) is 23.0 Å². The Morgan fingerprint density at radius 3 is 2.58 bits per heavy atom. The summed E-state index contributed by atoms with van der Waals surface area (Å²) in [7, 11) is 0. The number of hydrogen-bond acceptors (Lipinski definition) is 6. The van der Waals surface area contributed by atoms with E-state index in [9.17, 15) is 20.6 Å². The summed E-state index contributed by atoms with van der Waals surface area (Å²) >= 11 is 0. The molecule has 2 atom stereocenters. The number of fused-ring (bicyclic) bond motifs is 1. The minimum absolute atomic E-state index is 0.0222. The van der Waals surface area contributed by atoms with Crippen molar-refractivity contribution in [1.82, 2.24) is 4.90 Å². The molecule has 1 aliphatic carbocycles. The predicted molar refractivity (Wildman–Crippen MR) is 84.4 cm³/mol. The fourth-order valence-corrected chi connectivity index (χ4v) is 3.65. The molecule has 124 valence electrons. The Morgan fingerprint density at radius 1 is 1.42 bits per heavy atom. The number of rotatable bonds is 2. The Morgan fingerprint density at radius 2 is 2.08 bits per heavy atom. The lowest BCUT2D eigenvalue weighted by Crippen LogP contribution is -2.50. The van der Waals surface area contributed by atoms with E-state index in [0.29, 0.717) is 19.5 Å². The number of ether oxygens (including phenoxy) is 1. The van der Waals surface area contributed by atoms with E-state index in [4.69, 9.17) is 10.5 Å². The van der Waals surface area contributed by atoms with Gasteiger partial charge in [-0.2, -0.15) is 15.8 Å². The number of allylic oxidation sites excluding steroid dienone is 2. The molecule has 0 aromatic heterocycles. The maximum atomic E-state index is 12.0. The van der Waals surface area contributed by atoms with Crippen LogP contribution in [0.25, 0.3) is 0 Å². The van der Waals surface area contributed by atoms with Crippen molar-refractivity contribution in [3.63, 3.8) is 0 Å². The van der Waals surface area contributed by atoms with Gasteiger partial charge in [-0.1, -0.05) is 13.0 Å². The van der Waals surface area contributed by atoms with Gasteiger partial charge in [0, 0.05) is 24.9 Å². The van der Waals surface area contributed by atoms with Gasteiger partial charge in [-0.3, -0.25) is 0 Å². The standard InChI is InChI=1S/C17H19N5O2/c1-3-14-13-8-22(16(23)24-4-2)6-5-11(13)12(7-18)15(21)17(14,9-19)10-20/h5,13-14H,3-4,6,8,21H2,1-2H3/t13-,14+/m0/s1. The highest BCUT2D eigenvalue weighted by molar-refractivity contribution is 5.69. The average molecular weight is 325 g/mol. The van der Waals surface area contributed by atoms with E-state index in [1.807, 2.05) is 25.1 Å². The smallest absolute Gasteiger partial charge is 0.410 e. The number of hydrogen-bond donors (Lipinski definition) is 1. The monoisotopic (exact) mass is 325 g/mol. The normalized spacial score (nSPS) is 24.8. The van der Waals surface area contributed by atoms with Crippen LogP contribution in [0.1, 0.15) is 20.3 Å². The molecule has 0 saturated carbocycles. The first-order valence-electron chi connectivity index (χ1n) is 7.85. The van der Waals surface area contributed by atoms with Gasteiger partial charge in [-0.25, -0.2) is 4.79 Å². The second-order valence-electron chi connectivity index (χ2n) is 5.82. The van der Waals surface area contributed by atoms with Gasteiger partial charge in [0.25, 0.3) is 0 Å². The Kier molecular flexibility index (Phi) is 4.81. The predicted octanol–water partition coefficient (Wildman–Crippen LogP) is 1.81. The molecule has 1 heterocycles. The van der Waals surface area contributed by atoms with Crippen LogP contribution in [0.2, 0.25) is 0 Å². The summed E-state index contributed by atoms with van der Waals surface area (Å²) in [5.74, 6) is -0.692. The first-order valence-corrected chi connectivity index (χ1v) is 7.85. The van der Waals surface area contributed by atoms with Gasteiger partial charge in [0.05, 0.1) is 30.0 Å². The van der Waals surface area contributed by atoms with Gasteiger partial charge in [0.15, 0.2) is 5.41 Å². The largest absolute Gasteiger partial charge is 0.450 e. The Labute approximate surface area is 141 Å². The SMILES string of the molecule is CCOC(=O)N1CC=C2C(C#N)=C(N)C(C#N)(C#N)[C@H](CC)[C@H]2C1. The summed E-state index contributed by atoms with van der Waals surface area (Å²) in [6, 6.07) is 6.09. The fraction of sp³-hybridized carbons (Fsp3) is 0.529. The number of nitriles is 3. The zero-order valence-corrected chi connectivity index (χ0v) is 13.7. The molecule has 24 heavy (non-hydrogen) atoms. The van der Waals surface area contributed by atoms with E-state index < -0.39 is 17.4 Å². The maximum Gasteiger partial charge on any atom is 0.410 e. The maximum absolute atomic E-state index is 12.0. The number of nitrogens with two attached hydrogens (primary N) is 1. The highest BCUT2D eigenvalue weighted by atomic mass is 16.6. The van der Waals surface area contributed by atoms with E-state index in [-0.39, 0.29) is 23.8 Å². The first-order chi connectivity index (χ1) is 11.5. The van der Waals surface area contributed by atoms with Gasteiger partial charge >= 0.3 is 6.09 Å². The van der Waals surface area contributed by atoms with Crippen molar-refractivity contribution >= 4 is 6.09 Å². The number of carbonyl (C=O) groups is 1. The summed E-state index contributed by atoms with van der Waals surface area (Å²) in [6.45, 7) is 4.48.